The second-order valence-corrected chi connectivity index (χ2v) is 10.7. The van der Waals surface area contributed by atoms with Crippen molar-refractivity contribution in [1.82, 2.24) is 0 Å². The van der Waals surface area contributed by atoms with E-state index in [1.165, 1.54) is 24.3 Å². The van der Waals surface area contributed by atoms with Gasteiger partial charge in [-0.25, -0.2) is 8.42 Å². The van der Waals surface area contributed by atoms with Gasteiger partial charge in [0.25, 0.3) is 0 Å². The Morgan fingerprint density at radius 1 is 0.750 bits per heavy atom. The molecule has 1 aromatic heterocycles. The lowest BCUT2D eigenvalue weighted by atomic mass is 9.95. The highest BCUT2D eigenvalue weighted by Gasteiger charge is 2.40. The van der Waals surface area contributed by atoms with Gasteiger partial charge in [-0.1, -0.05) is 66.2 Å². The van der Waals surface area contributed by atoms with E-state index in [1.54, 1.807) is 54.6 Å². The summed E-state index contributed by atoms with van der Waals surface area (Å²) in [6.07, 6.45) is -3.58. The zero-order valence-corrected chi connectivity index (χ0v) is 19.0. The molecule has 4 rings (SSSR count). The topological polar surface area (TPSA) is 34.1 Å². The van der Waals surface area contributed by atoms with Gasteiger partial charge in [-0.2, -0.15) is 13.2 Å². The molecule has 164 valence electrons. The molecule has 8 heteroatoms. The van der Waals surface area contributed by atoms with Crippen LogP contribution in [-0.4, -0.2) is 14.7 Å². The number of rotatable bonds is 4. The lowest BCUT2D eigenvalue weighted by Crippen LogP contribution is -2.07. The first-order chi connectivity index (χ1) is 15.1. The standard InChI is InChI=1S/C24H16ClF3O2S2/c1-32(29,30)19-13-9-15(10-14-19)20-21(24(26,27)28)23(17-7-11-18(25)12-8-17)31-22(20)16-5-3-2-4-6-16/h2-14H,1H3. The molecule has 4 aromatic rings. The fraction of sp³-hybridized carbons (Fsp3) is 0.0833. The number of thiophene rings is 1. The molecular formula is C24H16ClF3O2S2. The van der Waals surface area contributed by atoms with E-state index in [4.69, 9.17) is 11.6 Å². The maximum Gasteiger partial charge on any atom is 0.418 e. The van der Waals surface area contributed by atoms with Crippen LogP contribution in [0.5, 0.6) is 0 Å². The largest absolute Gasteiger partial charge is 0.418 e. The van der Waals surface area contributed by atoms with Crippen LogP contribution in [0, 0.1) is 0 Å². The van der Waals surface area contributed by atoms with Crippen LogP contribution < -0.4 is 0 Å². The van der Waals surface area contributed by atoms with Crippen LogP contribution in [0.1, 0.15) is 5.56 Å². The molecule has 1 heterocycles. The summed E-state index contributed by atoms with van der Waals surface area (Å²) >= 11 is 6.99. The number of halogens is 4. The smallest absolute Gasteiger partial charge is 0.224 e. The minimum atomic E-state index is -4.64. The summed E-state index contributed by atoms with van der Waals surface area (Å²) in [5, 5.41) is 0.429. The Kier molecular flexibility index (Phi) is 5.92. The van der Waals surface area contributed by atoms with E-state index >= 15 is 0 Å². The van der Waals surface area contributed by atoms with Gasteiger partial charge in [0.15, 0.2) is 9.84 Å². The van der Waals surface area contributed by atoms with Crippen LogP contribution in [0.15, 0.2) is 83.8 Å². The second kappa shape index (κ2) is 8.39. The number of benzene rings is 3. The van der Waals surface area contributed by atoms with Crippen molar-refractivity contribution < 1.29 is 21.6 Å². The predicted octanol–water partition coefficient (Wildman–Crippen LogP) is 7.82. The normalized spacial score (nSPS) is 12.2. The van der Waals surface area contributed by atoms with Crippen molar-refractivity contribution in [3.05, 3.63) is 89.4 Å². The second-order valence-electron chi connectivity index (χ2n) is 7.18. The molecule has 0 bridgehead atoms. The molecule has 32 heavy (non-hydrogen) atoms. The molecule has 0 saturated heterocycles. The number of alkyl halides is 3. The first-order valence-corrected chi connectivity index (χ1v) is 12.5. The van der Waals surface area contributed by atoms with Crippen LogP contribution in [0.4, 0.5) is 13.2 Å². The average Bonchev–Trinajstić information content (AvgIpc) is 3.16. The van der Waals surface area contributed by atoms with Crippen LogP contribution in [0.25, 0.3) is 32.0 Å². The Morgan fingerprint density at radius 3 is 1.81 bits per heavy atom. The molecule has 3 aromatic carbocycles. The monoisotopic (exact) mass is 492 g/mol. The van der Waals surface area contributed by atoms with E-state index < -0.39 is 21.6 Å². The summed E-state index contributed by atoms with van der Waals surface area (Å²) in [5.41, 5.74) is 0.614. The fourth-order valence-corrected chi connectivity index (χ4v) is 5.55. The molecule has 0 aliphatic heterocycles. The van der Waals surface area contributed by atoms with E-state index in [-0.39, 0.29) is 15.3 Å². The molecule has 0 saturated carbocycles. The quantitative estimate of drug-likeness (QED) is 0.291. The third-order valence-electron chi connectivity index (χ3n) is 4.91. The Bertz CT molecular complexity index is 1360. The Hall–Kier alpha value is -2.61. The van der Waals surface area contributed by atoms with Gasteiger partial charge in [-0.05, 0) is 41.0 Å². The van der Waals surface area contributed by atoms with Gasteiger partial charge in [-0.3, -0.25) is 0 Å². The van der Waals surface area contributed by atoms with Gasteiger partial charge < -0.3 is 0 Å². The molecule has 0 aliphatic carbocycles. The summed E-state index contributed by atoms with van der Waals surface area (Å²) in [4.78, 5) is 0.578. The molecule has 2 nitrogen and oxygen atoms in total. The summed E-state index contributed by atoms with van der Waals surface area (Å²) in [5.74, 6) is 0. The summed E-state index contributed by atoms with van der Waals surface area (Å²) in [6.45, 7) is 0. The fourth-order valence-electron chi connectivity index (χ4n) is 3.44. The molecule has 0 atom stereocenters. The van der Waals surface area contributed by atoms with Gasteiger partial charge in [-0.15, -0.1) is 11.3 Å². The minimum absolute atomic E-state index is 0.0266. The van der Waals surface area contributed by atoms with E-state index in [2.05, 4.69) is 0 Å². The average molecular weight is 493 g/mol. The van der Waals surface area contributed by atoms with Crippen molar-refractivity contribution in [3.63, 3.8) is 0 Å². The third kappa shape index (κ3) is 4.46. The Morgan fingerprint density at radius 2 is 1.28 bits per heavy atom. The zero-order valence-electron chi connectivity index (χ0n) is 16.7. The molecule has 0 amide bonds. The maximum absolute atomic E-state index is 14.4. The van der Waals surface area contributed by atoms with Crippen molar-refractivity contribution in [3.8, 4) is 32.0 Å². The molecule has 0 spiro atoms. The highest BCUT2D eigenvalue weighted by Crippen LogP contribution is 2.53. The molecule has 0 radical (unpaired) electrons. The predicted molar refractivity (Wildman–Crippen MR) is 124 cm³/mol. The van der Waals surface area contributed by atoms with Crippen molar-refractivity contribution >= 4 is 32.8 Å². The molecule has 0 N–H and O–H groups in total. The highest BCUT2D eigenvalue weighted by molar-refractivity contribution is 7.90. The zero-order chi connectivity index (χ0) is 23.1. The molecule has 0 unspecified atom stereocenters. The number of hydrogen-bond donors (Lipinski definition) is 0. The van der Waals surface area contributed by atoms with Crippen LogP contribution in [-0.2, 0) is 16.0 Å². The van der Waals surface area contributed by atoms with Gasteiger partial charge in [0.1, 0.15) is 0 Å². The first-order valence-electron chi connectivity index (χ1n) is 9.41. The lowest BCUT2D eigenvalue weighted by Gasteiger charge is -2.13. The lowest BCUT2D eigenvalue weighted by molar-refractivity contribution is -0.136. The Balaban J connectivity index is 2.05. The SMILES string of the molecule is CS(=O)(=O)c1ccc(-c2c(-c3ccccc3)sc(-c3ccc(Cl)cc3)c2C(F)(F)F)cc1. The van der Waals surface area contributed by atoms with E-state index in [1.807, 2.05) is 0 Å². The van der Waals surface area contributed by atoms with Gasteiger partial charge in [0.05, 0.1) is 10.5 Å². The van der Waals surface area contributed by atoms with Crippen LogP contribution >= 0.6 is 22.9 Å². The third-order valence-corrected chi connectivity index (χ3v) is 7.57. The van der Waals surface area contributed by atoms with E-state index in [0.717, 1.165) is 17.6 Å². The van der Waals surface area contributed by atoms with Gasteiger partial charge in [0, 0.05) is 26.6 Å². The summed E-state index contributed by atoms with van der Waals surface area (Å²) < 4.78 is 67.0. The molecular weight excluding hydrogens is 477 g/mol. The van der Waals surface area contributed by atoms with Gasteiger partial charge in [0.2, 0.25) is 0 Å². The highest BCUT2D eigenvalue weighted by atomic mass is 35.5. The van der Waals surface area contributed by atoms with Gasteiger partial charge >= 0.3 is 6.18 Å². The van der Waals surface area contributed by atoms with Crippen LogP contribution in [0.3, 0.4) is 0 Å². The van der Waals surface area contributed by atoms with Crippen molar-refractivity contribution in [2.24, 2.45) is 0 Å². The van der Waals surface area contributed by atoms with Crippen molar-refractivity contribution in [1.29, 1.82) is 0 Å². The summed E-state index contributed by atoms with van der Waals surface area (Å²) in [6, 6.07) is 20.6. The maximum atomic E-state index is 14.4. The summed E-state index contributed by atoms with van der Waals surface area (Å²) in [7, 11) is -3.48. The van der Waals surface area contributed by atoms with Crippen molar-refractivity contribution in [2.45, 2.75) is 11.1 Å². The Labute approximate surface area is 192 Å². The minimum Gasteiger partial charge on any atom is -0.224 e. The first kappa shape index (κ1) is 22.6. The van der Waals surface area contributed by atoms with Crippen molar-refractivity contribution in [2.75, 3.05) is 6.26 Å². The molecule has 0 fully saturated rings. The molecule has 0 aliphatic rings. The number of hydrogen-bond acceptors (Lipinski definition) is 3. The van der Waals surface area contributed by atoms with Crippen LogP contribution in [0.2, 0.25) is 5.02 Å². The number of sulfone groups is 1. The van der Waals surface area contributed by atoms with E-state index in [9.17, 15) is 21.6 Å². The van der Waals surface area contributed by atoms with E-state index in [0.29, 0.717) is 26.6 Å².